The van der Waals surface area contributed by atoms with Gasteiger partial charge in [-0.2, -0.15) is 5.10 Å². The molecular weight excluding hydrogens is 339 g/mol. The van der Waals surface area contributed by atoms with Crippen molar-refractivity contribution >= 4 is 23.6 Å². The third kappa shape index (κ3) is 3.81. The van der Waals surface area contributed by atoms with Crippen molar-refractivity contribution < 1.29 is 9.18 Å². The second-order valence-electron chi connectivity index (χ2n) is 7.20. The Bertz CT molecular complexity index is 797. The number of hydrogen-bond donors (Lipinski definition) is 2. The lowest BCUT2D eigenvalue weighted by molar-refractivity contribution is 0.247. The quantitative estimate of drug-likeness (QED) is 0.830. The highest BCUT2D eigenvalue weighted by Crippen LogP contribution is 2.37. The molecule has 134 valence electrons. The zero-order valence-corrected chi connectivity index (χ0v) is 15.7. The van der Waals surface area contributed by atoms with Gasteiger partial charge >= 0.3 is 6.03 Å². The predicted molar refractivity (Wildman–Crippen MR) is 98.6 cm³/mol. The molecule has 1 aromatic heterocycles. The first-order chi connectivity index (χ1) is 11.8. The van der Waals surface area contributed by atoms with Gasteiger partial charge in [0.2, 0.25) is 0 Å². The average molecular weight is 362 g/mol. The maximum absolute atomic E-state index is 14.0. The number of hydrogen-bond acceptors (Lipinski definition) is 3. The summed E-state index contributed by atoms with van der Waals surface area (Å²) in [5.74, 6) is 1.20. The van der Waals surface area contributed by atoms with Crippen LogP contribution in [0.3, 0.4) is 0 Å². The molecule has 0 aliphatic carbocycles. The average Bonchev–Trinajstić information content (AvgIpc) is 2.89. The van der Waals surface area contributed by atoms with Gasteiger partial charge in [-0.25, -0.2) is 13.9 Å². The van der Waals surface area contributed by atoms with Crippen LogP contribution < -0.4 is 10.6 Å². The van der Waals surface area contributed by atoms with E-state index in [0.717, 1.165) is 23.4 Å². The standard InChI is InChI=1S/C18H23FN4OS/c1-11-10-15(23(22-11)18(2,3)4)21-17(24)20-14-8-9-25-16-12(14)6-5-7-13(16)19/h5-7,10,14H,8-9H2,1-4H3,(H2,20,21,24)/t14-/m0/s1. The van der Waals surface area contributed by atoms with Gasteiger partial charge in [0, 0.05) is 16.7 Å². The highest BCUT2D eigenvalue weighted by molar-refractivity contribution is 7.99. The van der Waals surface area contributed by atoms with Gasteiger partial charge in [0.05, 0.1) is 17.3 Å². The third-order valence-electron chi connectivity index (χ3n) is 4.04. The Morgan fingerprint density at radius 3 is 2.88 bits per heavy atom. The van der Waals surface area contributed by atoms with E-state index >= 15 is 0 Å². The Morgan fingerprint density at radius 2 is 2.16 bits per heavy atom. The van der Waals surface area contributed by atoms with Gasteiger partial charge in [0.25, 0.3) is 0 Å². The van der Waals surface area contributed by atoms with Gasteiger partial charge < -0.3 is 5.32 Å². The summed E-state index contributed by atoms with van der Waals surface area (Å²) in [5.41, 5.74) is 1.44. The molecule has 0 radical (unpaired) electrons. The molecule has 0 unspecified atom stereocenters. The lowest BCUT2D eigenvalue weighted by Gasteiger charge is -2.27. The smallest absolute Gasteiger partial charge is 0.320 e. The molecule has 2 aromatic rings. The molecule has 25 heavy (non-hydrogen) atoms. The van der Waals surface area contributed by atoms with Crippen molar-refractivity contribution in [2.75, 3.05) is 11.1 Å². The Labute approximate surface area is 151 Å². The summed E-state index contributed by atoms with van der Waals surface area (Å²) >= 11 is 1.50. The van der Waals surface area contributed by atoms with Crippen LogP contribution >= 0.6 is 11.8 Å². The molecule has 0 saturated heterocycles. The van der Waals surface area contributed by atoms with E-state index in [4.69, 9.17) is 0 Å². The van der Waals surface area contributed by atoms with Gasteiger partial charge in [-0.3, -0.25) is 5.32 Å². The van der Waals surface area contributed by atoms with E-state index in [0.29, 0.717) is 10.7 Å². The summed E-state index contributed by atoms with van der Waals surface area (Å²) in [6, 6.07) is 6.36. The summed E-state index contributed by atoms with van der Waals surface area (Å²) in [7, 11) is 0. The number of carbonyl (C=O) groups is 1. The van der Waals surface area contributed by atoms with Crippen molar-refractivity contribution in [3.8, 4) is 0 Å². The number of benzene rings is 1. The van der Waals surface area contributed by atoms with Crippen LogP contribution in [0.4, 0.5) is 15.0 Å². The number of fused-ring (bicyclic) bond motifs is 1. The Hall–Kier alpha value is -2.02. The lowest BCUT2D eigenvalue weighted by Crippen LogP contribution is -2.36. The van der Waals surface area contributed by atoms with Gasteiger partial charge in [0.1, 0.15) is 11.6 Å². The predicted octanol–water partition coefficient (Wildman–Crippen LogP) is 4.44. The highest BCUT2D eigenvalue weighted by Gasteiger charge is 2.25. The van der Waals surface area contributed by atoms with Crippen molar-refractivity contribution in [3.63, 3.8) is 0 Å². The third-order valence-corrected chi connectivity index (χ3v) is 5.20. The van der Waals surface area contributed by atoms with Crippen LogP contribution in [0.15, 0.2) is 29.2 Å². The zero-order chi connectivity index (χ0) is 18.2. The molecule has 5 nitrogen and oxygen atoms in total. The molecule has 2 heterocycles. The Balaban J connectivity index is 1.76. The summed E-state index contributed by atoms with van der Waals surface area (Å²) in [4.78, 5) is 13.1. The molecule has 0 saturated carbocycles. The number of amides is 2. The van der Waals surface area contributed by atoms with Crippen LogP contribution in [0, 0.1) is 12.7 Å². The van der Waals surface area contributed by atoms with Crippen LogP contribution in [0.2, 0.25) is 0 Å². The summed E-state index contributed by atoms with van der Waals surface area (Å²) < 4.78 is 15.8. The monoisotopic (exact) mass is 362 g/mol. The Kier molecular flexibility index (Phi) is 4.77. The molecule has 3 rings (SSSR count). The van der Waals surface area contributed by atoms with Gasteiger partial charge in [0.15, 0.2) is 0 Å². The molecule has 7 heteroatoms. The second kappa shape index (κ2) is 6.71. The van der Waals surface area contributed by atoms with Crippen molar-refractivity contribution in [2.45, 2.75) is 50.6 Å². The highest BCUT2D eigenvalue weighted by atomic mass is 32.2. The molecule has 0 fully saturated rings. The van der Waals surface area contributed by atoms with E-state index in [9.17, 15) is 9.18 Å². The van der Waals surface area contributed by atoms with Crippen molar-refractivity contribution in [3.05, 3.63) is 41.3 Å². The van der Waals surface area contributed by atoms with E-state index in [1.165, 1.54) is 17.8 Å². The van der Waals surface area contributed by atoms with Crippen LogP contribution in [-0.2, 0) is 5.54 Å². The van der Waals surface area contributed by atoms with Crippen molar-refractivity contribution in [1.29, 1.82) is 0 Å². The molecule has 1 aliphatic rings. The fraction of sp³-hybridized carbons (Fsp3) is 0.444. The van der Waals surface area contributed by atoms with Crippen LogP contribution in [-0.4, -0.2) is 21.6 Å². The number of anilines is 1. The number of urea groups is 1. The van der Waals surface area contributed by atoms with Gasteiger partial charge in [-0.05, 0) is 45.7 Å². The van der Waals surface area contributed by atoms with Gasteiger partial charge in [-0.15, -0.1) is 11.8 Å². The number of thioether (sulfide) groups is 1. The van der Waals surface area contributed by atoms with Crippen LogP contribution in [0.5, 0.6) is 0 Å². The summed E-state index contributed by atoms with van der Waals surface area (Å²) in [6.07, 6.45) is 0.770. The largest absolute Gasteiger partial charge is 0.331 e. The maximum Gasteiger partial charge on any atom is 0.320 e. The molecule has 2 amide bonds. The van der Waals surface area contributed by atoms with E-state index in [2.05, 4.69) is 15.7 Å². The SMILES string of the molecule is Cc1cc(NC(=O)N[C@H]2CCSc3c(F)cccc32)n(C(C)(C)C)n1. The normalized spacial score (nSPS) is 17.1. The molecule has 2 N–H and O–H groups in total. The van der Waals surface area contributed by atoms with Crippen LogP contribution in [0.25, 0.3) is 0 Å². The van der Waals surface area contributed by atoms with E-state index in [-0.39, 0.29) is 23.4 Å². The number of nitrogens with zero attached hydrogens (tertiary/aromatic N) is 2. The molecule has 0 bridgehead atoms. The minimum Gasteiger partial charge on any atom is -0.331 e. The fourth-order valence-corrected chi connectivity index (χ4v) is 4.09. The first-order valence-electron chi connectivity index (χ1n) is 8.31. The lowest BCUT2D eigenvalue weighted by atomic mass is 10.0. The molecule has 1 aliphatic heterocycles. The minimum atomic E-state index is -0.308. The number of halogens is 1. The second-order valence-corrected chi connectivity index (χ2v) is 8.31. The number of nitrogens with one attached hydrogen (secondary N) is 2. The number of aromatic nitrogens is 2. The number of carbonyl (C=O) groups excluding carboxylic acids is 1. The summed E-state index contributed by atoms with van der Waals surface area (Å²) in [5, 5.41) is 10.3. The van der Waals surface area contributed by atoms with E-state index < -0.39 is 0 Å². The zero-order valence-electron chi connectivity index (χ0n) is 14.9. The first kappa shape index (κ1) is 17.8. The van der Waals surface area contributed by atoms with Crippen molar-refractivity contribution in [2.24, 2.45) is 0 Å². The Morgan fingerprint density at radius 1 is 1.40 bits per heavy atom. The molecule has 1 aromatic carbocycles. The topological polar surface area (TPSA) is 59.0 Å². The molecule has 0 spiro atoms. The number of rotatable bonds is 2. The maximum atomic E-state index is 14.0. The first-order valence-corrected chi connectivity index (χ1v) is 9.30. The number of aryl methyl sites for hydroxylation is 1. The molecule has 1 atom stereocenters. The van der Waals surface area contributed by atoms with E-state index in [1.54, 1.807) is 10.7 Å². The summed E-state index contributed by atoms with van der Waals surface area (Å²) in [6.45, 7) is 7.97. The van der Waals surface area contributed by atoms with Crippen molar-refractivity contribution in [1.82, 2.24) is 15.1 Å². The minimum absolute atomic E-state index is 0.195. The molecular formula is C18H23FN4OS. The fourth-order valence-electron chi connectivity index (χ4n) is 2.95. The van der Waals surface area contributed by atoms with E-state index in [1.807, 2.05) is 39.8 Å². The van der Waals surface area contributed by atoms with Gasteiger partial charge in [-0.1, -0.05) is 12.1 Å². The van der Waals surface area contributed by atoms with Crippen LogP contribution in [0.1, 0.15) is 44.5 Å².